The molecule has 4 rings (SSSR count). The minimum atomic E-state index is 0.220. The lowest BCUT2D eigenvalue weighted by molar-refractivity contribution is 0.0797. The number of rotatable bonds is 3. The topological polar surface area (TPSA) is 23.6 Å². The van der Waals surface area contributed by atoms with E-state index in [1.165, 1.54) is 35.4 Å². The maximum absolute atomic E-state index is 12.8. The van der Waals surface area contributed by atoms with Crippen molar-refractivity contribution >= 4 is 22.2 Å². The molecule has 0 saturated carbocycles. The molecule has 2 saturated heterocycles. The van der Waals surface area contributed by atoms with Crippen molar-refractivity contribution < 1.29 is 4.79 Å². The summed E-state index contributed by atoms with van der Waals surface area (Å²) < 4.78 is 0. The Morgan fingerprint density at radius 1 is 0.875 bits per heavy atom. The summed E-state index contributed by atoms with van der Waals surface area (Å²) in [4.78, 5) is 18.2. The molecule has 1 amide bonds. The van der Waals surface area contributed by atoms with Gasteiger partial charge in [-0.15, -0.1) is 11.3 Å². The Morgan fingerprint density at radius 3 is 2.25 bits per heavy atom. The predicted octanol–water partition coefficient (Wildman–Crippen LogP) is 4.64. The van der Waals surface area contributed by atoms with Gasteiger partial charge < -0.3 is 9.80 Å². The molecule has 3 nitrogen and oxygen atoms in total. The lowest BCUT2D eigenvalue weighted by atomic mass is 10.1. The number of hydrogen-bond donors (Lipinski definition) is 0. The van der Waals surface area contributed by atoms with Crippen LogP contribution in [0.15, 0.2) is 36.4 Å². The average molecular weight is 340 g/mol. The summed E-state index contributed by atoms with van der Waals surface area (Å²) in [7, 11) is 0. The summed E-state index contributed by atoms with van der Waals surface area (Å²) in [5, 5.41) is 1.28. The summed E-state index contributed by atoms with van der Waals surface area (Å²) in [6, 6.07) is 12.6. The Kier molecular flexibility index (Phi) is 4.56. The zero-order valence-corrected chi connectivity index (χ0v) is 14.9. The number of nitrogens with zero attached hydrogens (tertiary/aromatic N) is 2. The Morgan fingerprint density at radius 2 is 1.54 bits per heavy atom. The minimum Gasteiger partial charge on any atom is -0.363 e. The first-order valence-corrected chi connectivity index (χ1v) is 9.88. The molecule has 1 aromatic heterocycles. The summed E-state index contributed by atoms with van der Waals surface area (Å²) in [5.41, 5.74) is 2.44. The molecule has 0 aliphatic carbocycles. The molecular weight excluding hydrogens is 316 g/mol. The predicted molar refractivity (Wildman–Crippen MR) is 101 cm³/mol. The van der Waals surface area contributed by atoms with E-state index in [9.17, 15) is 4.79 Å². The van der Waals surface area contributed by atoms with Crippen molar-refractivity contribution in [1.29, 1.82) is 0 Å². The molecule has 24 heavy (non-hydrogen) atoms. The molecule has 1 aromatic carbocycles. The van der Waals surface area contributed by atoms with Gasteiger partial charge in [0.05, 0.1) is 9.88 Å². The molecule has 0 unspecified atom stereocenters. The van der Waals surface area contributed by atoms with Crippen molar-refractivity contribution in [3.63, 3.8) is 0 Å². The number of anilines is 1. The first-order chi connectivity index (χ1) is 11.8. The highest BCUT2D eigenvalue weighted by atomic mass is 32.1. The van der Waals surface area contributed by atoms with Crippen LogP contribution in [0.25, 0.3) is 11.1 Å². The SMILES string of the molecule is O=C(c1cc(-c2ccccc2)c(N2CCCCC2)s1)N1CCCC1. The van der Waals surface area contributed by atoms with Gasteiger partial charge in [-0.05, 0) is 43.7 Å². The second-order valence-electron chi connectivity index (χ2n) is 6.74. The third-order valence-corrected chi connectivity index (χ3v) is 6.23. The van der Waals surface area contributed by atoms with E-state index in [1.807, 2.05) is 11.0 Å². The number of piperidine rings is 1. The number of amides is 1. The third kappa shape index (κ3) is 3.07. The van der Waals surface area contributed by atoms with Crippen molar-refractivity contribution in [1.82, 2.24) is 4.90 Å². The smallest absolute Gasteiger partial charge is 0.264 e. The quantitative estimate of drug-likeness (QED) is 0.812. The molecule has 2 aliphatic rings. The van der Waals surface area contributed by atoms with Gasteiger partial charge in [0.15, 0.2) is 0 Å². The molecule has 126 valence electrons. The van der Waals surface area contributed by atoms with Crippen LogP contribution in [-0.2, 0) is 0 Å². The highest BCUT2D eigenvalue weighted by Crippen LogP contribution is 2.40. The first kappa shape index (κ1) is 15.7. The lowest BCUT2D eigenvalue weighted by Crippen LogP contribution is -2.29. The van der Waals surface area contributed by atoms with Gasteiger partial charge in [-0.25, -0.2) is 0 Å². The highest BCUT2D eigenvalue weighted by Gasteiger charge is 2.25. The van der Waals surface area contributed by atoms with E-state index in [1.54, 1.807) is 11.3 Å². The van der Waals surface area contributed by atoms with Gasteiger partial charge >= 0.3 is 0 Å². The van der Waals surface area contributed by atoms with Gasteiger partial charge in [0.1, 0.15) is 0 Å². The van der Waals surface area contributed by atoms with Crippen LogP contribution in [0.2, 0.25) is 0 Å². The van der Waals surface area contributed by atoms with Gasteiger partial charge in [-0.3, -0.25) is 4.79 Å². The largest absolute Gasteiger partial charge is 0.363 e. The standard InChI is InChI=1S/C20H24N2OS/c23-19(21-11-7-8-12-21)18-15-17(16-9-3-1-4-10-16)20(24-18)22-13-5-2-6-14-22/h1,3-4,9-10,15H,2,5-8,11-14H2. The molecule has 0 spiro atoms. The molecule has 0 bridgehead atoms. The normalized spacial score (nSPS) is 18.2. The Hall–Kier alpha value is -1.81. The van der Waals surface area contributed by atoms with Gasteiger partial charge in [0, 0.05) is 31.7 Å². The monoisotopic (exact) mass is 340 g/mol. The van der Waals surface area contributed by atoms with Crippen molar-refractivity contribution in [3.8, 4) is 11.1 Å². The molecule has 0 radical (unpaired) electrons. The number of likely N-dealkylation sites (tertiary alicyclic amines) is 1. The van der Waals surface area contributed by atoms with Crippen molar-refractivity contribution in [3.05, 3.63) is 41.3 Å². The molecular formula is C20H24N2OS. The Bertz CT molecular complexity index is 698. The number of thiophene rings is 1. The molecule has 2 aromatic rings. The van der Waals surface area contributed by atoms with Crippen LogP contribution in [0.1, 0.15) is 41.8 Å². The summed E-state index contributed by atoms with van der Waals surface area (Å²) in [6.45, 7) is 4.04. The van der Waals surface area contributed by atoms with Gasteiger partial charge in [-0.1, -0.05) is 30.3 Å². The third-order valence-electron chi connectivity index (χ3n) is 5.04. The Balaban J connectivity index is 1.71. The van der Waals surface area contributed by atoms with E-state index in [2.05, 4.69) is 35.2 Å². The van der Waals surface area contributed by atoms with Crippen molar-refractivity contribution in [2.45, 2.75) is 32.1 Å². The van der Waals surface area contributed by atoms with Crippen molar-refractivity contribution in [2.75, 3.05) is 31.1 Å². The summed E-state index contributed by atoms with van der Waals surface area (Å²) in [6.07, 6.45) is 6.11. The number of carbonyl (C=O) groups excluding carboxylic acids is 1. The van der Waals surface area contributed by atoms with E-state index in [-0.39, 0.29) is 5.91 Å². The first-order valence-electron chi connectivity index (χ1n) is 9.06. The zero-order chi connectivity index (χ0) is 16.4. The molecule has 0 N–H and O–H groups in total. The van der Waals surface area contributed by atoms with E-state index in [0.717, 1.165) is 43.9 Å². The van der Waals surface area contributed by atoms with Gasteiger partial charge in [0.2, 0.25) is 0 Å². The van der Waals surface area contributed by atoms with Gasteiger partial charge in [-0.2, -0.15) is 0 Å². The maximum atomic E-state index is 12.8. The fraction of sp³-hybridized carbons (Fsp3) is 0.450. The molecule has 4 heteroatoms. The van der Waals surface area contributed by atoms with Crippen LogP contribution >= 0.6 is 11.3 Å². The van der Waals surface area contributed by atoms with E-state index in [0.29, 0.717) is 0 Å². The highest BCUT2D eigenvalue weighted by molar-refractivity contribution is 7.18. The van der Waals surface area contributed by atoms with Crippen LogP contribution in [-0.4, -0.2) is 37.0 Å². The van der Waals surface area contributed by atoms with Crippen LogP contribution < -0.4 is 4.90 Å². The minimum absolute atomic E-state index is 0.220. The zero-order valence-electron chi connectivity index (χ0n) is 14.0. The van der Waals surface area contributed by atoms with Crippen molar-refractivity contribution in [2.24, 2.45) is 0 Å². The lowest BCUT2D eigenvalue weighted by Gasteiger charge is -2.28. The van der Waals surface area contributed by atoms with E-state index < -0.39 is 0 Å². The van der Waals surface area contributed by atoms with E-state index in [4.69, 9.17) is 0 Å². The molecule has 2 aliphatic heterocycles. The summed E-state index contributed by atoms with van der Waals surface area (Å²) in [5.74, 6) is 0.220. The number of carbonyl (C=O) groups is 1. The number of benzene rings is 1. The van der Waals surface area contributed by atoms with Gasteiger partial charge in [0.25, 0.3) is 5.91 Å². The van der Waals surface area contributed by atoms with Crippen LogP contribution in [0.4, 0.5) is 5.00 Å². The average Bonchev–Trinajstić information content (AvgIpc) is 3.33. The second-order valence-corrected chi connectivity index (χ2v) is 7.77. The molecule has 0 atom stereocenters. The van der Waals surface area contributed by atoms with Crippen LogP contribution in [0, 0.1) is 0 Å². The maximum Gasteiger partial charge on any atom is 0.264 e. The fourth-order valence-corrected chi connectivity index (χ4v) is 4.92. The summed E-state index contributed by atoms with van der Waals surface area (Å²) >= 11 is 1.69. The van der Waals surface area contributed by atoms with Crippen LogP contribution in [0.3, 0.4) is 0 Å². The second kappa shape index (κ2) is 6.98. The molecule has 2 fully saturated rings. The Labute approximate surface area is 147 Å². The molecule has 3 heterocycles. The van der Waals surface area contributed by atoms with Crippen LogP contribution in [0.5, 0.6) is 0 Å². The fourth-order valence-electron chi connectivity index (χ4n) is 3.72. The van der Waals surface area contributed by atoms with E-state index >= 15 is 0 Å². The number of hydrogen-bond acceptors (Lipinski definition) is 3.